The van der Waals surface area contributed by atoms with Gasteiger partial charge >= 0.3 is 0 Å². The number of thiocarbonyl (C=S) groups is 1. The highest BCUT2D eigenvalue weighted by Gasteiger charge is 2.51. The summed E-state index contributed by atoms with van der Waals surface area (Å²) in [6.45, 7) is 3.44. The van der Waals surface area contributed by atoms with Crippen LogP contribution in [0.25, 0.3) is 0 Å². The molecule has 5 fully saturated rings. The van der Waals surface area contributed by atoms with Gasteiger partial charge in [0.1, 0.15) is 0 Å². The number of anilines is 2. The van der Waals surface area contributed by atoms with Gasteiger partial charge in [-0.05, 0) is 124 Å². The van der Waals surface area contributed by atoms with E-state index in [2.05, 4.69) is 46.7 Å². The number of amides is 1. The fourth-order valence-electron chi connectivity index (χ4n) is 7.40. The van der Waals surface area contributed by atoms with Gasteiger partial charge in [-0.2, -0.15) is 0 Å². The molecular formula is C25H35N3OS. The summed E-state index contributed by atoms with van der Waals surface area (Å²) >= 11 is 5.44. The van der Waals surface area contributed by atoms with Crippen LogP contribution in [0.1, 0.15) is 71.1 Å². The molecule has 0 unspecified atom stereocenters. The highest BCUT2D eigenvalue weighted by Crippen LogP contribution is 2.61. The lowest BCUT2D eigenvalue weighted by Crippen LogP contribution is -2.48. The van der Waals surface area contributed by atoms with E-state index in [4.69, 9.17) is 12.2 Å². The van der Waals surface area contributed by atoms with Gasteiger partial charge in [-0.25, -0.2) is 0 Å². The summed E-state index contributed by atoms with van der Waals surface area (Å²) in [4.78, 5) is 15.3. The highest BCUT2D eigenvalue weighted by atomic mass is 32.1. The van der Waals surface area contributed by atoms with Crippen molar-refractivity contribution in [3.8, 4) is 0 Å². The number of carbonyl (C=O) groups excluding carboxylic acids is 1. The molecule has 0 spiro atoms. The van der Waals surface area contributed by atoms with Crippen LogP contribution in [-0.4, -0.2) is 23.6 Å². The minimum absolute atomic E-state index is 0.0909. The summed E-state index contributed by atoms with van der Waals surface area (Å²) in [5, 5.41) is 6.58. The Morgan fingerprint density at radius 3 is 2.30 bits per heavy atom. The van der Waals surface area contributed by atoms with Crippen LogP contribution in [0, 0.1) is 23.2 Å². The SMILES string of the molecule is C[C@H]1CCCCN1c1ccc(NC(=S)NC(=O)CC23CC4CC(CC(C4)C2)C3)cc1. The summed E-state index contributed by atoms with van der Waals surface area (Å²) in [6, 6.07) is 9.04. The van der Waals surface area contributed by atoms with Crippen molar-refractivity contribution < 1.29 is 4.79 Å². The number of rotatable bonds is 4. The third kappa shape index (κ3) is 4.23. The number of piperidine rings is 1. The van der Waals surface area contributed by atoms with Gasteiger partial charge in [0.25, 0.3) is 0 Å². The summed E-state index contributed by atoms with van der Waals surface area (Å²) in [7, 11) is 0. The predicted molar refractivity (Wildman–Crippen MR) is 127 cm³/mol. The normalized spacial score (nSPS) is 34.6. The highest BCUT2D eigenvalue weighted by molar-refractivity contribution is 7.80. The first-order valence-electron chi connectivity index (χ1n) is 12.0. The second-order valence-corrected chi connectivity index (χ2v) is 11.1. The van der Waals surface area contributed by atoms with Crippen molar-refractivity contribution in [3.05, 3.63) is 24.3 Å². The van der Waals surface area contributed by atoms with Crippen LogP contribution in [0.4, 0.5) is 11.4 Å². The lowest BCUT2D eigenvalue weighted by atomic mass is 9.49. The van der Waals surface area contributed by atoms with Gasteiger partial charge in [-0.1, -0.05) is 0 Å². The molecule has 4 bridgehead atoms. The van der Waals surface area contributed by atoms with Crippen molar-refractivity contribution in [1.82, 2.24) is 5.32 Å². The predicted octanol–water partition coefficient (Wildman–Crippen LogP) is 5.48. The van der Waals surface area contributed by atoms with Crippen LogP contribution >= 0.6 is 12.2 Å². The number of carbonyl (C=O) groups is 1. The summed E-state index contributed by atoms with van der Waals surface area (Å²) in [5.41, 5.74) is 2.45. The van der Waals surface area contributed by atoms with E-state index in [1.807, 2.05) is 0 Å². The summed E-state index contributed by atoms with van der Waals surface area (Å²) in [5.74, 6) is 2.70. The van der Waals surface area contributed by atoms with Crippen LogP contribution < -0.4 is 15.5 Å². The monoisotopic (exact) mass is 425 g/mol. The zero-order valence-corrected chi connectivity index (χ0v) is 19.0. The zero-order valence-electron chi connectivity index (χ0n) is 18.2. The smallest absolute Gasteiger partial charge is 0.226 e. The quantitative estimate of drug-likeness (QED) is 0.627. The fraction of sp³-hybridized carbons (Fsp3) is 0.680. The third-order valence-electron chi connectivity index (χ3n) is 8.21. The molecular weight excluding hydrogens is 390 g/mol. The van der Waals surface area contributed by atoms with E-state index >= 15 is 0 Å². The van der Waals surface area contributed by atoms with E-state index in [0.29, 0.717) is 17.6 Å². The second kappa shape index (κ2) is 8.14. The van der Waals surface area contributed by atoms with Crippen LogP contribution in [0.5, 0.6) is 0 Å². The molecule has 4 saturated carbocycles. The van der Waals surface area contributed by atoms with Gasteiger partial charge in [0, 0.05) is 30.4 Å². The Morgan fingerprint density at radius 2 is 1.70 bits per heavy atom. The average molecular weight is 426 g/mol. The maximum Gasteiger partial charge on any atom is 0.226 e. The molecule has 1 aliphatic heterocycles. The molecule has 0 radical (unpaired) electrons. The number of hydrogen-bond acceptors (Lipinski definition) is 3. The summed E-state index contributed by atoms with van der Waals surface area (Å²) in [6.07, 6.45) is 12.5. The minimum atomic E-state index is 0.0909. The van der Waals surface area contributed by atoms with Crippen molar-refractivity contribution in [2.45, 2.75) is 77.2 Å². The molecule has 0 aromatic heterocycles. The van der Waals surface area contributed by atoms with Gasteiger partial charge < -0.3 is 15.5 Å². The molecule has 1 atom stereocenters. The Labute approximate surface area is 186 Å². The van der Waals surface area contributed by atoms with E-state index < -0.39 is 0 Å². The molecule has 1 aromatic rings. The van der Waals surface area contributed by atoms with E-state index in [-0.39, 0.29) is 11.3 Å². The first-order chi connectivity index (χ1) is 14.5. The molecule has 162 valence electrons. The topological polar surface area (TPSA) is 44.4 Å². The lowest BCUT2D eigenvalue weighted by molar-refractivity contribution is -0.127. The fourth-order valence-corrected chi connectivity index (χ4v) is 7.63. The van der Waals surface area contributed by atoms with Crippen molar-refractivity contribution in [1.29, 1.82) is 0 Å². The molecule has 1 amide bonds. The van der Waals surface area contributed by atoms with Gasteiger partial charge in [-0.15, -0.1) is 0 Å². The van der Waals surface area contributed by atoms with E-state index in [0.717, 1.165) is 30.0 Å². The largest absolute Gasteiger partial charge is 0.369 e. The number of nitrogens with zero attached hydrogens (tertiary/aromatic N) is 1. The van der Waals surface area contributed by atoms with Gasteiger partial charge in [0.15, 0.2) is 5.11 Å². The van der Waals surface area contributed by atoms with Crippen LogP contribution in [0.2, 0.25) is 0 Å². The molecule has 6 rings (SSSR count). The summed E-state index contributed by atoms with van der Waals surface area (Å²) < 4.78 is 0. The Hall–Kier alpha value is -1.62. The Balaban J connectivity index is 1.14. The first kappa shape index (κ1) is 20.3. The molecule has 30 heavy (non-hydrogen) atoms. The maximum atomic E-state index is 12.8. The Morgan fingerprint density at radius 1 is 1.07 bits per heavy atom. The molecule has 4 aliphatic carbocycles. The second-order valence-electron chi connectivity index (χ2n) is 10.7. The lowest BCUT2D eigenvalue weighted by Gasteiger charge is -2.56. The van der Waals surface area contributed by atoms with Crippen molar-refractivity contribution in [2.24, 2.45) is 23.2 Å². The third-order valence-corrected chi connectivity index (χ3v) is 8.42. The first-order valence-corrected chi connectivity index (χ1v) is 12.4. The van der Waals surface area contributed by atoms with E-state index in [1.165, 1.54) is 63.5 Å². The van der Waals surface area contributed by atoms with Crippen LogP contribution in [0.15, 0.2) is 24.3 Å². The Kier molecular flexibility index (Phi) is 5.51. The molecule has 1 saturated heterocycles. The van der Waals surface area contributed by atoms with Gasteiger partial charge in [0.05, 0.1) is 0 Å². The standard InChI is InChI=1S/C25H35N3OS/c1-17-4-2-3-9-28(17)22-7-5-21(6-8-22)26-24(30)27-23(29)16-25-13-18-10-19(14-25)12-20(11-18)15-25/h5-8,17-20H,2-4,9-16H2,1H3,(H2,26,27,29,30)/t17-,18?,19?,20?,25?/m0/s1. The number of nitrogens with one attached hydrogen (secondary N) is 2. The molecule has 4 nitrogen and oxygen atoms in total. The molecule has 5 heteroatoms. The van der Waals surface area contributed by atoms with Crippen LogP contribution in [0.3, 0.4) is 0 Å². The molecule has 1 aromatic carbocycles. The van der Waals surface area contributed by atoms with E-state index in [1.54, 1.807) is 0 Å². The van der Waals surface area contributed by atoms with Gasteiger partial charge in [-0.3, -0.25) is 4.79 Å². The van der Waals surface area contributed by atoms with Crippen molar-refractivity contribution in [2.75, 3.05) is 16.8 Å². The number of benzene rings is 1. The average Bonchev–Trinajstić information content (AvgIpc) is 2.67. The molecule has 2 N–H and O–H groups in total. The number of hydrogen-bond donors (Lipinski definition) is 2. The maximum absolute atomic E-state index is 12.8. The van der Waals surface area contributed by atoms with E-state index in [9.17, 15) is 4.79 Å². The van der Waals surface area contributed by atoms with Gasteiger partial charge in [0.2, 0.25) is 5.91 Å². The molecule has 5 aliphatic rings. The minimum Gasteiger partial charge on any atom is -0.369 e. The van der Waals surface area contributed by atoms with Crippen LogP contribution in [-0.2, 0) is 4.79 Å². The zero-order chi connectivity index (χ0) is 20.7. The van der Waals surface area contributed by atoms with Crippen molar-refractivity contribution in [3.63, 3.8) is 0 Å². The molecule has 1 heterocycles. The van der Waals surface area contributed by atoms with Crippen molar-refractivity contribution >= 4 is 34.6 Å². The Bertz CT molecular complexity index is 770.